The number of carbonyl (C=O) groups excluding carboxylic acids is 1. The van der Waals surface area contributed by atoms with E-state index in [9.17, 15) is 4.79 Å². The molecule has 4 nitrogen and oxygen atoms in total. The third-order valence-electron chi connectivity index (χ3n) is 6.19. The number of rotatable bonds is 8. The van der Waals surface area contributed by atoms with Gasteiger partial charge in [0.1, 0.15) is 11.5 Å². The normalized spacial score (nSPS) is 11.5. The van der Waals surface area contributed by atoms with E-state index in [1.54, 1.807) is 0 Å². The first-order valence-corrected chi connectivity index (χ1v) is 11.2. The lowest BCUT2D eigenvalue weighted by Gasteiger charge is -2.23. The summed E-state index contributed by atoms with van der Waals surface area (Å²) >= 11 is 0. The van der Waals surface area contributed by atoms with Crippen LogP contribution in [0.15, 0.2) is 79.0 Å². The van der Waals surface area contributed by atoms with Crippen LogP contribution < -0.4 is 10.1 Å². The minimum atomic E-state index is -0.00178. The Morgan fingerprint density at radius 1 is 0.938 bits per heavy atom. The predicted octanol–water partition coefficient (Wildman–Crippen LogP) is 7.22. The summed E-state index contributed by atoms with van der Waals surface area (Å²) in [5.41, 5.74) is 4.49. The first kappa shape index (κ1) is 21.7. The standard InChI is InChI=1S/C28H30N2O2/c1-4-28(2,3)21-10-14-23(15-11-21)32-24-16-12-22(13-17-24)30-27(31)18-9-20-19-29-26-8-6-5-7-25(20)26/h5-8,10-17,19,29H,4,9,18H2,1-3H3,(H,30,31). The van der Waals surface area contributed by atoms with Crippen molar-refractivity contribution in [2.75, 3.05) is 5.32 Å². The highest BCUT2D eigenvalue weighted by atomic mass is 16.5. The molecule has 0 bridgehead atoms. The van der Waals surface area contributed by atoms with Crippen LogP contribution in [0.2, 0.25) is 0 Å². The highest BCUT2D eigenvalue weighted by molar-refractivity contribution is 5.91. The molecule has 0 aliphatic rings. The summed E-state index contributed by atoms with van der Waals surface area (Å²) < 4.78 is 5.96. The third-order valence-corrected chi connectivity index (χ3v) is 6.19. The van der Waals surface area contributed by atoms with Crippen molar-refractivity contribution in [3.8, 4) is 11.5 Å². The number of aromatic amines is 1. The van der Waals surface area contributed by atoms with Crippen molar-refractivity contribution in [3.63, 3.8) is 0 Å². The number of hydrogen-bond donors (Lipinski definition) is 2. The van der Waals surface area contributed by atoms with E-state index in [1.165, 1.54) is 10.9 Å². The Bertz CT molecular complexity index is 1190. The van der Waals surface area contributed by atoms with Gasteiger partial charge in [0.2, 0.25) is 5.91 Å². The van der Waals surface area contributed by atoms with Crippen molar-refractivity contribution < 1.29 is 9.53 Å². The number of hydrogen-bond acceptors (Lipinski definition) is 2. The lowest BCUT2D eigenvalue weighted by atomic mass is 9.82. The molecule has 1 amide bonds. The van der Waals surface area contributed by atoms with Crippen molar-refractivity contribution >= 4 is 22.5 Å². The number of ether oxygens (including phenoxy) is 1. The van der Waals surface area contributed by atoms with E-state index in [1.807, 2.05) is 60.8 Å². The number of anilines is 1. The molecule has 0 fully saturated rings. The van der Waals surface area contributed by atoms with Gasteiger partial charge in [0.05, 0.1) is 0 Å². The maximum atomic E-state index is 12.4. The minimum absolute atomic E-state index is 0.00178. The lowest BCUT2D eigenvalue weighted by molar-refractivity contribution is -0.116. The number of H-pyrrole nitrogens is 1. The number of fused-ring (bicyclic) bond motifs is 1. The fourth-order valence-corrected chi connectivity index (χ4v) is 3.73. The molecule has 0 spiro atoms. The second kappa shape index (κ2) is 9.31. The van der Waals surface area contributed by atoms with Gasteiger partial charge < -0.3 is 15.0 Å². The van der Waals surface area contributed by atoms with Crippen LogP contribution in [0, 0.1) is 0 Å². The average molecular weight is 427 g/mol. The van der Waals surface area contributed by atoms with E-state index >= 15 is 0 Å². The summed E-state index contributed by atoms with van der Waals surface area (Å²) in [7, 11) is 0. The number of para-hydroxylation sites is 1. The molecule has 3 aromatic carbocycles. The number of aryl methyl sites for hydroxylation is 1. The fourth-order valence-electron chi connectivity index (χ4n) is 3.73. The summed E-state index contributed by atoms with van der Waals surface area (Å²) in [4.78, 5) is 15.7. The Balaban J connectivity index is 1.31. The van der Waals surface area contributed by atoms with Gasteiger partial charge in [-0.05, 0) is 71.8 Å². The molecule has 4 aromatic rings. The molecule has 32 heavy (non-hydrogen) atoms. The third kappa shape index (κ3) is 5.02. The van der Waals surface area contributed by atoms with Crippen molar-refractivity contribution in [2.45, 2.75) is 45.4 Å². The van der Waals surface area contributed by atoms with Gasteiger partial charge in [-0.1, -0.05) is 51.1 Å². The van der Waals surface area contributed by atoms with Gasteiger partial charge in [-0.3, -0.25) is 4.79 Å². The fraction of sp³-hybridized carbons (Fsp3) is 0.250. The van der Waals surface area contributed by atoms with Crippen LogP contribution >= 0.6 is 0 Å². The van der Waals surface area contributed by atoms with Gasteiger partial charge in [0.25, 0.3) is 0 Å². The molecule has 0 radical (unpaired) electrons. The topological polar surface area (TPSA) is 54.1 Å². The van der Waals surface area contributed by atoms with Crippen LogP contribution in [0.5, 0.6) is 11.5 Å². The zero-order valence-corrected chi connectivity index (χ0v) is 18.9. The number of aromatic nitrogens is 1. The summed E-state index contributed by atoms with van der Waals surface area (Å²) in [6, 6.07) is 23.9. The monoisotopic (exact) mass is 426 g/mol. The van der Waals surface area contributed by atoms with Crippen LogP contribution in [-0.4, -0.2) is 10.9 Å². The van der Waals surface area contributed by atoms with E-state index in [2.05, 4.69) is 49.3 Å². The van der Waals surface area contributed by atoms with Crippen molar-refractivity contribution in [2.24, 2.45) is 0 Å². The van der Waals surface area contributed by atoms with Crippen molar-refractivity contribution in [1.29, 1.82) is 0 Å². The van der Waals surface area contributed by atoms with Gasteiger partial charge in [-0.2, -0.15) is 0 Å². The molecule has 2 N–H and O–H groups in total. The predicted molar refractivity (Wildman–Crippen MR) is 132 cm³/mol. The van der Waals surface area contributed by atoms with Gasteiger partial charge in [-0.15, -0.1) is 0 Å². The van der Waals surface area contributed by atoms with Crippen LogP contribution in [0.25, 0.3) is 10.9 Å². The first-order valence-electron chi connectivity index (χ1n) is 11.2. The summed E-state index contributed by atoms with van der Waals surface area (Å²) in [6.07, 6.45) is 4.20. The quantitative estimate of drug-likeness (QED) is 0.312. The molecule has 0 unspecified atom stereocenters. The highest BCUT2D eigenvalue weighted by Crippen LogP contribution is 2.30. The highest BCUT2D eigenvalue weighted by Gasteiger charge is 2.17. The molecule has 1 heterocycles. The van der Waals surface area contributed by atoms with E-state index < -0.39 is 0 Å². The Kier molecular flexibility index (Phi) is 6.31. The molecular weight excluding hydrogens is 396 g/mol. The smallest absolute Gasteiger partial charge is 0.224 e. The SMILES string of the molecule is CCC(C)(C)c1ccc(Oc2ccc(NC(=O)CCc3c[nH]c4ccccc34)cc2)cc1. The number of amides is 1. The number of nitrogens with one attached hydrogen (secondary N) is 2. The Hall–Kier alpha value is -3.53. The van der Waals surface area contributed by atoms with Gasteiger partial charge in [-0.25, -0.2) is 0 Å². The van der Waals surface area contributed by atoms with Crippen molar-refractivity contribution in [3.05, 3.63) is 90.1 Å². The minimum Gasteiger partial charge on any atom is -0.457 e. The molecule has 1 aromatic heterocycles. The second-order valence-electron chi connectivity index (χ2n) is 8.80. The molecule has 4 rings (SSSR count). The van der Waals surface area contributed by atoms with Crippen molar-refractivity contribution in [1.82, 2.24) is 4.98 Å². The molecule has 0 aliphatic carbocycles. The number of benzene rings is 3. The largest absolute Gasteiger partial charge is 0.457 e. The Morgan fingerprint density at radius 3 is 2.28 bits per heavy atom. The molecular formula is C28H30N2O2. The van der Waals surface area contributed by atoms with Gasteiger partial charge in [0.15, 0.2) is 0 Å². The van der Waals surface area contributed by atoms with Gasteiger partial charge in [0, 0.05) is 29.2 Å². The van der Waals surface area contributed by atoms with E-state index in [0.29, 0.717) is 12.8 Å². The first-order chi connectivity index (χ1) is 15.4. The molecule has 4 heteroatoms. The lowest BCUT2D eigenvalue weighted by Crippen LogP contribution is -2.14. The second-order valence-corrected chi connectivity index (χ2v) is 8.80. The molecule has 0 atom stereocenters. The summed E-state index contributed by atoms with van der Waals surface area (Å²) in [6.45, 7) is 6.69. The summed E-state index contributed by atoms with van der Waals surface area (Å²) in [5.74, 6) is 1.54. The Morgan fingerprint density at radius 2 is 1.59 bits per heavy atom. The zero-order valence-electron chi connectivity index (χ0n) is 18.9. The molecule has 0 saturated heterocycles. The molecule has 164 valence electrons. The van der Waals surface area contributed by atoms with E-state index in [4.69, 9.17) is 4.74 Å². The maximum Gasteiger partial charge on any atom is 0.224 e. The molecule has 0 aliphatic heterocycles. The zero-order chi connectivity index (χ0) is 22.6. The van der Waals surface area contributed by atoms with Crippen LogP contribution in [0.4, 0.5) is 5.69 Å². The Labute approximate surface area is 189 Å². The van der Waals surface area contributed by atoms with E-state index in [0.717, 1.165) is 34.7 Å². The number of carbonyl (C=O) groups is 1. The summed E-state index contributed by atoms with van der Waals surface area (Å²) in [5, 5.41) is 4.14. The molecule has 0 saturated carbocycles. The van der Waals surface area contributed by atoms with Crippen LogP contribution in [0.3, 0.4) is 0 Å². The van der Waals surface area contributed by atoms with E-state index in [-0.39, 0.29) is 11.3 Å². The van der Waals surface area contributed by atoms with Gasteiger partial charge >= 0.3 is 0 Å². The van der Waals surface area contributed by atoms with Crippen LogP contribution in [-0.2, 0) is 16.6 Å². The van der Waals surface area contributed by atoms with Crippen LogP contribution in [0.1, 0.15) is 44.7 Å². The maximum absolute atomic E-state index is 12.4. The average Bonchev–Trinajstić information content (AvgIpc) is 3.22.